The van der Waals surface area contributed by atoms with Crippen molar-refractivity contribution in [2.75, 3.05) is 0 Å². The Bertz CT molecular complexity index is 480. The number of nitrogens with one attached hydrogen (secondary N) is 1. The monoisotopic (exact) mass is 263 g/mol. The molecule has 0 aliphatic rings. The summed E-state index contributed by atoms with van der Waals surface area (Å²) in [6, 6.07) is 7.75. The number of amides is 1. The Kier molecular flexibility index (Phi) is 4.70. The zero-order chi connectivity index (χ0) is 14.6. The van der Waals surface area contributed by atoms with Gasteiger partial charge in [-0.3, -0.25) is 9.59 Å². The van der Waals surface area contributed by atoms with E-state index in [-0.39, 0.29) is 18.4 Å². The minimum absolute atomic E-state index is 0.0293. The number of carbonyl (C=O) groups excluding carboxylic acids is 1. The van der Waals surface area contributed by atoms with Crippen LogP contribution >= 0.6 is 0 Å². The van der Waals surface area contributed by atoms with Crippen LogP contribution in [0.5, 0.6) is 0 Å². The lowest BCUT2D eigenvalue weighted by Gasteiger charge is -2.21. The van der Waals surface area contributed by atoms with Crippen LogP contribution in [0.3, 0.4) is 0 Å². The molecule has 0 radical (unpaired) electrons. The fraction of sp³-hybridized carbons (Fsp3) is 0.467. The summed E-state index contributed by atoms with van der Waals surface area (Å²) >= 11 is 0. The van der Waals surface area contributed by atoms with E-state index in [1.54, 1.807) is 13.8 Å². The largest absolute Gasteiger partial charge is 0.481 e. The van der Waals surface area contributed by atoms with E-state index in [2.05, 4.69) is 5.32 Å². The predicted octanol–water partition coefficient (Wildman–Crippen LogP) is 2.67. The molecule has 1 amide bonds. The van der Waals surface area contributed by atoms with Crippen LogP contribution in [0.2, 0.25) is 0 Å². The highest BCUT2D eigenvalue weighted by Crippen LogP contribution is 2.21. The van der Waals surface area contributed by atoms with E-state index in [1.165, 1.54) is 0 Å². The van der Waals surface area contributed by atoms with Crippen molar-refractivity contribution >= 4 is 11.9 Å². The summed E-state index contributed by atoms with van der Waals surface area (Å²) in [5.74, 6) is -1.22. The topological polar surface area (TPSA) is 66.4 Å². The molecular formula is C15H21NO3. The van der Waals surface area contributed by atoms with E-state index < -0.39 is 11.4 Å². The summed E-state index contributed by atoms with van der Waals surface area (Å²) in [7, 11) is 0. The van der Waals surface area contributed by atoms with E-state index in [4.69, 9.17) is 5.11 Å². The van der Waals surface area contributed by atoms with Gasteiger partial charge in [-0.2, -0.15) is 0 Å². The standard InChI is InChI=1S/C15H21NO3/c1-10-6-5-7-12(8-10)11(2)16-13(17)9-15(3,4)14(18)19/h5-8,11H,9H2,1-4H3,(H,16,17)(H,18,19)/t11-/m1/s1. The first kappa shape index (κ1) is 15.2. The van der Waals surface area contributed by atoms with Crippen LogP contribution in [0.4, 0.5) is 0 Å². The fourth-order valence-electron chi connectivity index (χ4n) is 1.79. The fourth-order valence-corrected chi connectivity index (χ4v) is 1.79. The van der Waals surface area contributed by atoms with Gasteiger partial charge in [-0.15, -0.1) is 0 Å². The lowest BCUT2D eigenvalue weighted by molar-refractivity contribution is -0.149. The van der Waals surface area contributed by atoms with Gasteiger partial charge in [0.25, 0.3) is 0 Å². The predicted molar refractivity (Wildman–Crippen MR) is 73.8 cm³/mol. The number of carboxylic acid groups (broad SMARTS) is 1. The molecule has 0 aliphatic carbocycles. The molecule has 4 nitrogen and oxygen atoms in total. The third-order valence-corrected chi connectivity index (χ3v) is 3.10. The van der Waals surface area contributed by atoms with Crippen molar-refractivity contribution in [2.45, 2.75) is 40.2 Å². The van der Waals surface area contributed by atoms with Gasteiger partial charge in [0.2, 0.25) is 5.91 Å². The summed E-state index contributed by atoms with van der Waals surface area (Å²) in [5, 5.41) is 11.8. The van der Waals surface area contributed by atoms with Crippen molar-refractivity contribution < 1.29 is 14.7 Å². The molecule has 0 saturated heterocycles. The molecule has 1 rings (SSSR count). The molecule has 0 aromatic heterocycles. The van der Waals surface area contributed by atoms with Crippen LogP contribution in [-0.4, -0.2) is 17.0 Å². The molecule has 0 bridgehead atoms. The molecule has 4 heteroatoms. The highest BCUT2D eigenvalue weighted by molar-refractivity contribution is 5.84. The number of hydrogen-bond donors (Lipinski definition) is 2. The molecular weight excluding hydrogens is 242 g/mol. The van der Waals surface area contributed by atoms with Gasteiger partial charge in [0.1, 0.15) is 0 Å². The molecule has 0 unspecified atom stereocenters. The van der Waals surface area contributed by atoms with E-state index >= 15 is 0 Å². The van der Waals surface area contributed by atoms with E-state index in [0.717, 1.165) is 11.1 Å². The Morgan fingerprint density at radius 3 is 2.53 bits per heavy atom. The highest BCUT2D eigenvalue weighted by Gasteiger charge is 2.30. The molecule has 19 heavy (non-hydrogen) atoms. The zero-order valence-electron chi connectivity index (χ0n) is 11.9. The number of benzene rings is 1. The SMILES string of the molecule is Cc1cccc([C@@H](C)NC(=O)CC(C)(C)C(=O)O)c1. The van der Waals surface area contributed by atoms with E-state index in [1.807, 2.05) is 38.1 Å². The normalized spacial score (nSPS) is 12.8. The van der Waals surface area contributed by atoms with Gasteiger partial charge < -0.3 is 10.4 Å². The molecule has 1 aromatic carbocycles. The van der Waals surface area contributed by atoms with Crippen molar-refractivity contribution in [3.63, 3.8) is 0 Å². The minimum atomic E-state index is -1.05. The quantitative estimate of drug-likeness (QED) is 0.858. The molecule has 0 saturated carbocycles. The second-order valence-electron chi connectivity index (χ2n) is 5.57. The van der Waals surface area contributed by atoms with Crippen LogP contribution in [0.25, 0.3) is 0 Å². The Morgan fingerprint density at radius 2 is 2.00 bits per heavy atom. The molecule has 0 fully saturated rings. The van der Waals surface area contributed by atoms with Crippen molar-refractivity contribution in [1.82, 2.24) is 5.32 Å². The van der Waals surface area contributed by atoms with Gasteiger partial charge >= 0.3 is 5.97 Å². The third kappa shape index (κ3) is 4.39. The van der Waals surface area contributed by atoms with Gasteiger partial charge in [-0.1, -0.05) is 29.8 Å². The van der Waals surface area contributed by atoms with Crippen molar-refractivity contribution in [1.29, 1.82) is 0 Å². The summed E-state index contributed by atoms with van der Waals surface area (Å²) in [4.78, 5) is 22.8. The maximum Gasteiger partial charge on any atom is 0.309 e. The Hall–Kier alpha value is -1.84. The Balaban J connectivity index is 2.65. The van der Waals surface area contributed by atoms with Crippen molar-refractivity contribution in [3.8, 4) is 0 Å². The average molecular weight is 263 g/mol. The number of carboxylic acids is 1. The van der Waals surface area contributed by atoms with E-state index in [0.29, 0.717) is 0 Å². The first-order valence-corrected chi connectivity index (χ1v) is 6.32. The number of hydrogen-bond acceptors (Lipinski definition) is 2. The summed E-state index contributed by atoms with van der Waals surface area (Å²) in [6.45, 7) is 6.98. The summed E-state index contributed by atoms with van der Waals surface area (Å²) < 4.78 is 0. The summed E-state index contributed by atoms with van der Waals surface area (Å²) in [6.07, 6.45) is -0.0293. The molecule has 0 aliphatic heterocycles. The number of aryl methyl sites for hydroxylation is 1. The van der Waals surface area contributed by atoms with Crippen LogP contribution < -0.4 is 5.32 Å². The second-order valence-corrected chi connectivity index (χ2v) is 5.57. The molecule has 1 aromatic rings. The Morgan fingerprint density at radius 1 is 1.37 bits per heavy atom. The number of carbonyl (C=O) groups is 2. The van der Waals surface area contributed by atoms with Crippen molar-refractivity contribution in [3.05, 3.63) is 35.4 Å². The maximum atomic E-state index is 11.9. The molecule has 0 heterocycles. The second kappa shape index (κ2) is 5.87. The molecule has 0 spiro atoms. The molecule has 2 N–H and O–H groups in total. The minimum Gasteiger partial charge on any atom is -0.481 e. The van der Waals surface area contributed by atoms with E-state index in [9.17, 15) is 9.59 Å². The Labute approximate surface area is 113 Å². The van der Waals surface area contributed by atoms with Crippen LogP contribution in [-0.2, 0) is 9.59 Å². The lowest BCUT2D eigenvalue weighted by Crippen LogP contribution is -2.34. The van der Waals surface area contributed by atoms with Crippen LogP contribution in [0.1, 0.15) is 44.4 Å². The number of rotatable bonds is 5. The lowest BCUT2D eigenvalue weighted by atomic mass is 9.89. The first-order valence-electron chi connectivity index (χ1n) is 6.32. The average Bonchev–Trinajstić information content (AvgIpc) is 2.27. The molecule has 104 valence electrons. The zero-order valence-corrected chi connectivity index (χ0v) is 11.9. The highest BCUT2D eigenvalue weighted by atomic mass is 16.4. The van der Waals surface area contributed by atoms with Crippen molar-refractivity contribution in [2.24, 2.45) is 5.41 Å². The number of aliphatic carboxylic acids is 1. The smallest absolute Gasteiger partial charge is 0.309 e. The van der Waals surface area contributed by atoms with Gasteiger partial charge in [0.05, 0.1) is 11.5 Å². The van der Waals surface area contributed by atoms with Gasteiger partial charge in [0.15, 0.2) is 0 Å². The van der Waals surface area contributed by atoms with Gasteiger partial charge in [0, 0.05) is 6.42 Å². The third-order valence-electron chi connectivity index (χ3n) is 3.10. The van der Waals surface area contributed by atoms with Gasteiger partial charge in [-0.05, 0) is 33.3 Å². The molecule has 1 atom stereocenters. The summed E-state index contributed by atoms with van der Waals surface area (Å²) in [5.41, 5.74) is 1.10. The first-order chi connectivity index (χ1) is 8.72. The van der Waals surface area contributed by atoms with Gasteiger partial charge in [-0.25, -0.2) is 0 Å². The van der Waals surface area contributed by atoms with Crippen LogP contribution in [0.15, 0.2) is 24.3 Å². The maximum absolute atomic E-state index is 11.9. The van der Waals surface area contributed by atoms with Crippen LogP contribution in [0, 0.1) is 12.3 Å².